The Morgan fingerprint density at radius 3 is 2.77 bits per heavy atom. The number of hydrogen-bond acceptors (Lipinski definition) is 7. The summed E-state index contributed by atoms with van der Waals surface area (Å²) in [6.07, 6.45) is 9.13. The van der Waals surface area contributed by atoms with Crippen LogP contribution in [0.4, 0.5) is 0 Å². The van der Waals surface area contributed by atoms with Crippen LogP contribution in [0.25, 0.3) is 11.3 Å². The normalized spacial score (nSPS) is 17.7. The van der Waals surface area contributed by atoms with E-state index in [1.165, 1.54) is 6.42 Å². The third kappa shape index (κ3) is 3.62. The van der Waals surface area contributed by atoms with Crippen molar-refractivity contribution < 1.29 is 4.52 Å². The lowest BCUT2D eigenvalue weighted by Gasteiger charge is -2.15. The van der Waals surface area contributed by atoms with Gasteiger partial charge in [-0.1, -0.05) is 5.16 Å². The summed E-state index contributed by atoms with van der Waals surface area (Å²) in [5.41, 5.74) is 4.97. The Labute approximate surface area is 152 Å². The van der Waals surface area contributed by atoms with Gasteiger partial charge in [-0.2, -0.15) is 0 Å². The molecule has 0 amide bonds. The third-order valence-corrected chi connectivity index (χ3v) is 4.90. The summed E-state index contributed by atoms with van der Waals surface area (Å²) in [5.74, 6) is 1.40. The average Bonchev–Trinajstić information content (AvgIpc) is 3.22. The Balaban J connectivity index is 1.41. The van der Waals surface area contributed by atoms with Crippen molar-refractivity contribution in [1.82, 2.24) is 30.0 Å². The molecule has 0 saturated carbocycles. The van der Waals surface area contributed by atoms with Crippen molar-refractivity contribution in [3.8, 4) is 11.3 Å². The predicted molar refractivity (Wildman–Crippen MR) is 96.1 cm³/mol. The van der Waals surface area contributed by atoms with Crippen molar-refractivity contribution in [3.05, 3.63) is 53.8 Å². The van der Waals surface area contributed by atoms with Crippen LogP contribution in [-0.4, -0.2) is 43.1 Å². The number of hydrogen-bond donors (Lipinski definition) is 0. The smallest absolute Gasteiger partial charge is 0.143 e. The molecule has 7 nitrogen and oxygen atoms in total. The lowest BCUT2D eigenvalue weighted by atomic mass is 10.0. The molecule has 0 unspecified atom stereocenters. The third-order valence-electron chi connectivity index (χ3n) is 4.90. The Bertz CT molecular complexity index is 859. The average molecular weight is 350 g/mol. The lowest BCUT2D eigenvalue weighted by Crippen LogP contribution is -2.21. The largest absolute Gasteiger partial charge is 0.361 e. The Morgan fingerprint density at radius 2 is 2.00 bits per heavy atom. The number of rotatable bonds is 5. The number of aromatic nitrogens is 5. The highest BCUT2D eigenvalue weighted by atomic mass is 16.5. The van der Waals surface area contributed by atoms with Crippen LogP contribution in [0.15, 0.2) is 35.6 Å². The quantitative estimate of drug-likeness (QED) is 0.699. The molecule has 1 aliphatic rings. The fraction of sp³-hybridized carbons (Fsp3) is 0.421. The Morgan fingerprint density at radius 1 is 1.15 bits per heavy atom. The monoisotopic (exact) mass is 350 g/mol. The van der Waals surface area contributed by atoms with Gasteiger partial charge in [-0.15, -0.1) is 0 Å². The Hall–Kier alpha value is -2.67. The van der Waals surface area contributed by atoms with E-state index in [1.54, 1.807) is 12.7 Å². The van der Waals surface area contributed by atoms with Crippen molar-refractivity contribution in [2.24, 2.45) is 5.92 Å². The highest BCUT2D eigenvalue weighted by Gasteiger charge is 2.23. The topological polar surface area (TPSA) is 80.8 Å². The maximum absolute atomic E-state index is 5.27. The van der Waals surface area contributed by atoms with Gasteiger partial charge >= 0.3 is 0 Å². The second-order valence-corrected chi connectivity index (χ2v) is 6.93. The molecule has 1 saturated heterocycles. The summed E-state index contributed by atoms with van der Waals surface area (Å²) in [4.78, 5) is 19.5. The van der Waals surface area contributed by atoms with Crippen LogP contribution in [0.3, 0.4) is 0 Å². The SMILES string of the molecule is Cc1noc(C)c1-c1cc(C[C@@H]2CCN(Cc3cncnc3)C2)ncn1. The minimum absolute atomic E-state index is 0.604. The van der Waals surface area contributed by atoms with Crippen LogP contribution in [0.1, 0.15) is 29.1 Å². The first-order valence-corrected chi connectivity index (χ1v) is 8.89. The number of likely N-dealkylation sites (tertiary alicyclic amines) is 1. The minimum Gasteiger partial charge on any atom is -0.361 e. The van der Waals surface area contributed by atoms with E-state index in [4.69, 9.17) is 4.52 Å². The standard InChI is InChI=1S/C19H22N6O/c1-13-19(14(2)26-24-13)18-6-17(22-12-23-18)5-15-3-4-25(9-15)10-16-7-20-11-21-8-16/h6-8,11-12,15H,3-5,9-10H2,1-2H3/t15-/m0/s1. The second-order valence-electron chi connectivity index (χ2n) is 6.93. The first-order chi connectivity index (χ1) is 12.7. The molecule has 134 valence electrons. The Kier molecular flexibility index (Phi) is 4.71. The van der Waals surface area contributed by atoms with Crippen LogP contribution in [0, 0.1) is 19.8 Å². The molecule has 7 heteroatoms. The van der Waals surface area contributed by atoms with Gasteiger partial charge in [0.25, 0.3) is 0 Å². The molecule has 4 rings (SSSR count). The van der Waals surface area contributed by atoms with Gasteiger partial charge in [-0.05, 0) is 45.2 Å². The van der Waals surface area contributed by atoms with Crippen LogP contribution in [0.2, 0.25) is 0 Å². The van der Waals surface area contributed by atoms with E-state index < -0.39 is 0 Å². The molecule has 3 aromatic heterocycles. The van der Waals surface area contributed by atoms with Gasteiger partial charge in [0.2, 0.25) is 0 Å². The van der Waals surface area contributed by atoms with Crippen LogP contribution in [0.5, 0.6) is 0 Å². The number of nitrogens with zero attached hydrogens (tertiary/aromatic N) is 6. The summed E-state index contributed by atoms with van der Waals surface area (Å²) in [6.45, 7) is 6.93. The van der Waals surface area contributed by atoms with Crippen molar-refractivity contribution in [3.63, 3.8) is 0 Å². The predicted octanol–water partition coefficient (Wildman–Crippen LogP) is 2.60. The molecule has 0 N–H and O–H groups in total. The van der Waals surface area contributed by atoms with E-state index in [2.05, 4.69) is 36.1 Å². The second kappa shape index (κ2) is 7.29. The van der Waals surface area contributed by atoms with Gasteiger partial charge in [0, 0.05) is 36.7 Å². The molecular formula is C19H22N6O. The zero-order chi connectivity index (χ0) is 17.9. The summed E-state index contributed by atoms with van der Waals surface area (Å²) >= 11 is 0. The van der Waals surface area contributed by atoms with Crippen molar-refractivity contribution in [2.45, 2.75) is 33.2 Å². The van der Waals surface area contributed by atoms with Crippen molar-refractivity contribution in [1.29, 1.82) is 0 Å². The van der Waals surface area contributed by atoms with Gasteiger partial charge in [-0.3, -0.25) is 4.90 Å². The zero-order valence-corrected chi connectivity index (χ0v) is 15.1. The maximum atomic E-state index is 5.27. The van der Waals surface area contributed by atoms with E-state index >= 15 is 0 Å². The van der Waals surface area contributed by atoms with E-state index in [-0.39, 0.29) is 0 Å². The molecule has 0 aliphatic carbocycles. The van der Waals surface area contributed by atoms with E-state index in [0.717, 1.165) is 60.0 Å². The van der Waals surface area contributed by atoms with Gasteiger partial charge in [0.1, 0.15) is 18.4 Å². The molecule has 0 radical (unpaired) electrons. The van der Waals surface area contributed by atoms with Gasteiger partial charge < -0.3 is 4.52 Å². The molecule has 26 heavy (non-hydrogen) atoms. The highest BCUT2D eigenvalue weighted by molar-refractivity contribution is 5.63. The zero-order valence-electron chi connectivity index (χ0n) is 15.1. The lowest BCUT2D eigenvalue weighted by molar-refractivity contribution is 0.315. The summed E-state index contributed by atoms with van der Waals surface area (Å²) < 4.78 is 5.27. The summed E-state index contributed by atoms with van der Waals surface area (Å²) in [7, 11) is 0. The summed E-state index contributed by atoms with van der Waals surface area (Å²) in [5, 5.41) is 4.02. The molecule has 0 aromatic carbocycles. The summed E-state index contributed by atoms with van der Waals surface area (Å²) in [6, 6.07) is 2.07. The van der Waals surface area contributed by atoms with E-state index in [0.29, 0.717) is 5.92 Å². The van der Waals surface area contributed by atoms with Gasteiger partial charge in [-0.25, -0.2) is 19.9 Å². The molecule has 1 aliphatic heterocycles. The number of aryl methyl sites for hydroxylation is 2. The van der Waals surface area contributed by atoms with Crippen LogP contribution >= 0.6 is 0 Å². The fourth-order valence-corrected chi connectivity index (χ4v) is 3.68. The molecule has 1 atom stereocenters. The van der Waals surface area contributed by atoms with Crippen LogP contribution in [-0.2, 0) is 13.0 Å². The molecule has 0 spiro atoms. The van der Waals surface area contributed by atoms with E-state index in [1.807, 2.05) is 26.2 Å². The molecule has 0 bridgehead atoms. The molecule has 1 fully saturated rings. The highest BCUT2D eigenvalue weighted by Crippen LogP contribution is 2.27. The maximum Gasteiger partial charge on any atom is 0.143 e. The van der Waals surface area contributed by atoms with Crippen molar-refractivity contribution >= 4 is 0 Å². The van der Waals surface area contributed by atoms with Gasteiger partial charge in [0.05, 0.1) is 17.0 Å². The molecular weight excluding hydrogens is 328 g/mol. The van der Waals surface area contributed by atoms with Gasteiger partial charge in [0.15, 0.2) is 0 Å². The molecule has 3 aromatic rings. The first kappa shape index (κ1) is 16.8. The minimum atomic E-state index is 0.604. The van der Waals surface area contributed by atoms with E-state index in [9.17, 15) is 0 Å². The molecule has 4 heterocycles. The van der Waals surface area contributed by atoms with Crippen molar-refractivity contribution in [2.75, 3.05) is 13.1 Å². The fourth-order valence-electron chi connectivity index (χ4n) is 3.68. The van der Waals surface area contributed by atoms with Crippen LogP contribution < -0.4 is 0 Å². The first-order valence-electron chi connectivity index (χ1n) is 8.89.